The molecule has 7 heteroatoms. The van der Waals surface area contributed by atoms with Crippen LogP contribution < -0.4 is 10.2 Å². The summed E-state index contributed by atoms with van der Waals surface area (Å²) < 4.78 is 7.32. The van der Waals surface area contributed by atoms with Gasteiger partial charge in [-0.25, -0.2) is 9.97 Å². The van der Waals surface area contributed by atoms with E-state index in [2.05, 4.69) is 29.4 Å². The van der Waals surface area contributed by atoms with Crippen molar-refractivity contribution in [2.24, 2.45) is 0 Å². The van der Waals surface area contributed by atoms with Crippen LogP contribution in [-0.2, 0) is 4.74 Å². The maximum absolute atomic E-state index is 5.42. The van der Waals surface area contributed by atoms with Crippen LogP contribution in [0.15, 0.2) is 12.1 Å². The van der Waals surface area contributed by atoms with Crippen LogP contribution in [0.1, 0.15) is 23.4 Å². The number of hydrogen-bond donors (Lipinski definition) is 2. The summed E-state index contributed by atoms with van der Waals surface area (Å²) in [5.41, 5.74) is 4.79. The molecule has 0 unspecified atom stereocenters. The molecular weight excluding hydrogens is 328 g/mol. The van der Waals surface area contributed by atoms with Gasteiger partial charge in [-0.15, -0.1) is 5.10 Å². The van der Waals surface area contributed by atoms with Gasteiger partial charge in [0.05, 0.1) is 25.1 Å². The van der Waals surface area contributed by atoms with Crippen LogP contribution in [0.5, 0.6) is 0 Å². The Morgan fingerprint density at radius 2 is 1.88 bits per heavy atom. The predicted octanol–water partition coefficient (Wildman–Crippen LogP) is 0.920. The number of nitrogens with zero attached hydrogens (tertiary/aromatic N) is 4. The molecule has 0 saturated carbocycles. The molecular formula is C19H27N6O+. The van der Waals surface area contributed by atoms with Crippen molar-refractivity contribution in [2.75, 3.05) is 44.7 Å². The molecule has 4 heterocycles. The third kappa shape index (κ3) is 3.37. The molecule has 4 rings (SSSR count). The lowest BCUT2D eigenvalue weighted by Gasteiger charge is -2.23. The molecule has 3 aromatic heterocycles. The molecule has 2 N–H and O–H groups in total. The number of nitrogens with one attached hydrogen (secondary N) is 2. The largest absolute Gasteiger partial charge is 0.370 e. The Hall–Kier alpha value is -2.25. The van der Waals surface area contributed by atoms with Crippen molar-refractivity contribution in [3.8, 4) is 0 Å². The Bertz CT molecular complexity index is 929. The number of aryl methyl sites for hydroxylation is 3. The van der Waals surface area contributed by atoms with Crippen LogP contribution in [0.25, 0.3) is 16.7 Å². The fourth-order valence-corrected chi connectivity index (χ4v) is 3.73. The van der Waals surface area contributed by atoms with Gasteiger partial charge in [-0.1, -0.05) is 0 Å². The Balaban J connectivity index is 1.55. The fraction of sp³-hybridized carbons (Fsp3) is 0.526. The van der Waals surface area contributed by atoms with Gasteiger partial charge in [0.2, 0.25) is 0 Å². The Kier molecular flexibility index (Phi) is 4.74. The van der Waals surface area contributed by atoms with Crippen LogP contribution >= 0.6 is 0 Å². The van der Waals surface area contributed by atoms with E-state index in [-0.39, 0.29) is 0 Å². The smallest absolute Gasteiger partial charge is 0.184 e. The third-order valence-corrected chi connectivity index (χ3v) is 5.01. The molecule has 26 heavy (non-hydrogen) atoms. The van der Waals surface area contributed by atoms with Crippen molar-refractivity contribution < 1.29 is 9.64 Å². The Labute approximate surface area is 153 Å². The molecule has 0 radical (unpaired) electrons. The predicted molar refractivity (Wildman–Crippen MR) is 102 cm³/mol. The molecule has 1 saturated heterocycles. The first kappa shape index (κ1) is 17.2. The summed E-state index contributed by atoms with van der Waals surface area (Å²) in [6.07, 6.45) is 1.12. The Morgan fingerprint density at radius 3 is 2.69 bits per heavy atom. The number of fused-ring (bicyclic) bond motifs is 3. The number of morpholine rings is 1. The van der Waals surface area contributed by atoms with E-state index in [4.69, 9.17) is 14.8 Å². The number of anilines is 1. The van der Waals surface area contributed by atoms with Crippen molar-refractivity contribution in [1.82, 2.24) is 19.6 Å². The van der Waals surface area contributed by atoms with Crippen LogP contribution in [0.2, 0.25) is 0 Å². The maximum Gasteiger partial charge on any atom is 0.184 e. The van der Waals surface area contributed by atoms with Gasteiger partial charge in [0, 0.05) is 30.4 Å². The summed E-state index contributed by atoms with van der Waals surface area (Å²) in [5, 5.41) is 9.30. The second-order valence-electron chi connectivity index (χ2n) is 7.19. The highest BCUT2D eigenvalue weighted by atomic mass is 16.5. The van der Waals surface area contributed by atoms with Crippen LogP contribution in [0, 0.1) is 20.8 Å². The van der Waals surface area contributed by atoms with Crippen molar-refractivity contribution in [3.05, 3.63) is 29.1 Å². The molecule has 138 valence electrons. The van der Waals surface area contributed by atoms with E-state index in [0.717, 1.165) is 73.2 Å². The van der Waals surface area contributed by atoms with Gasteiger partial charge in [0.15, 0.2) is 11.3 Å². The number of quaternary nitrogens is 1. The second kappa shape index (κ2) is 7.17. The zero-order valence-corrected chi connectivity index (χ0v) is 15.8. The third-order valence-electron chi connectivity index (χ3n) is 5.01. The van der Waals surface area contributed by atoms with Crippen molar-refractivity contribution in [1.29, 1.82) is 0 Å². The summed E-state index contributed by atoms with van der Waals surface area (Å²) in [6.45, 7) is 12.2. The lowest BCUT2D eigenvalue weighted by molar-refractivity contribution is -0.908. The zero-order chi connectivity index (χ0) is 18.1. The summed E-state index contributed by atoms with van der Waals surface area (Å²) in [4.78, 5) is 10.9. The highest BCUT2D eigenvalue weighted by Crippen LogP contribution is 2.24. The number of aromatic nitrogens is 4. The van der Waals surface area contributed by atoms with Crippen molar-refractivity contribution >= 4 is 22.5 Å². The molecule has 3 aromatic rings. The number of hydrogen-bond acceptors (Lipinski definition) is 5. The number of rotatable bonds is 5. The molecule has 0 spiro atoms. The topological polar surface area (TPSA) is 68.8 Å². The molecule has 0 amide bonds. The van der Waals surface area contributed by atoms with E-state index in [9.17, 15) is 0 Å². The minimum absolute atomic E-state index is 0.765. The average Bonchev–Trinajstić information content (AvgIpc) is 2.97. The molecule has 0 atom stereocenters. The molecule has 1 fully saturated rings. The monoisotopic (exact) mass is 355 g/mol. The number of ether oxygens (including phenoxy) is 1. The zero-order valence-electron chi connectivity index (χ0n) is 15.8. The van der Waals surface area contributed by atoms with Crippen LogP contribution in [0.3, 0.4) is 0 Å². The number of pyridine rings is 1. The Morgan fingerprint density at radius 1 is 1.12 bits per heavy atom. The van der Waals surface area contributed by atoms with E-state index in [1.54, 1.807) is 4.90 Å². The van der Waals surface area contributed by atoms with E-state index in [0.29, 0.717) is 0 Å². The van der Waals surface area contributed by atoms with Gasteiger partial charge in [-0.05, 0) is 32.4 Å². The van der Waals surface area contributed by atoms with E-state index in [1.165, 1.54) is 12.1 Å². The fourth-order valence-electron chi connectivity index (χ4n) is 3.73. The SMILES string of the molecule is Cc1cc(C)c2c(n1)nn1c(NCCC[NH+]3CCOCC3)cc(C)nc21. The summed E-state index contributed by atoms with van der Waals surface area (Å²) >= 11 is 0. The molecule has 1 aliphatic rings. The van der Waals surface area contributed by atoms with Crippen molar-refractivity contribution in [3.63, 3.8) is 0 Å². The molecule has 1 aliphatic heterocycles. The minimum atomic E-state index is 0.765. The summed E-state index contributed by atoms with van der Waals surface area (Å²) in [6, 6.07) is 4.15. The van der Waals surface area contributed by atoms with Gasteiger partial charge >= 0.3 is 0 Å². The van der Waals surface area contributed by atoms with Gasteiger partial charge < -0.3 is 15.0 Å². The molecule has 0 aromatic carbocycles. The lowest BCUT2D eigenvalue weighted by atomic mass is 10.2. The van der Waals surface area contributed by atoms with Gasteiger partial charge in [0.25, 0.3) is 0 Å². The van der Waals surface area contributed by atoms with E-state index in [1.807, 2.05) is 18.4 Å². The summed E-state index contributed by atoms with van der Waals surface area (Å²) in [5.74, 6) is 0.986. The first-order chi connectivity index (χ1) is 12.6. The van der Waals surface area contributed by atoms with Crippen LogP contribution in [0.4, 0.5) is 5.82 Å². The lowest BCUT2D eigenvalue weighted by Crippen LogP contribution is -3.14. The van der Waals surface area contributed by atoms with Crippen molar-refractivity contribution in [2.45, 2.75) is 27.2 Å². The highest BCUT2D eigenvalue weighted by Gasteiger charge is 2.15. The average molecular weight is 355 g/mol. The van der Waals surface area contributed by atoms with Crippen LogP contribution in [-0.4, -0.2) is 59.0 Å². The first-order valence-corrected chi connectivity index (χ1v) is 9.41. The van der Waals surface area contributed by atoms with E-state index < -0.39 is 0 Å². The van der Waals surface area contributed by atoms with Gasteiger partial charge in [0.1, 0.15) is 18.9 Å². The van der Waals surface area contributed by atoms with Gasteiger partial charge in [-0.2, -0.15) is 4.52 Å². The normalized spacial score (nSPS) is 15.8. The minimum Gasteiger partial charge on any atom is -0.370 e. The highest BCUT2D eigenvalue weighted by molar-refractivity contribution is 5.93. The molecule has 0 aliphatic carbocycles. The maximum atomic E-state index is 5.42. The van der Waals surface area contributed by atoms with Gasteiger partial charge in [-0.3, -0.25) is 0 Å². The molecule has 7 nitrogen and oxygen atoms in total. The molecule has 0 bridgehead atoms. The second-order valence-corrected chi connectivity index (χ2v) is 7.19. The van der Waals surface area contributed by atoms with E-state index >= 15 is 0 Å². The summed E-state index contributed by atoms with van der Waals surface area (Å²) in [7, 11) is 0. The first-order valence-electron chi connectivity index (χ1n) is 9.41. The quantitative estimate of drug-likeness (QED) is 0.666. The standard InChI is InChI=1S/C19H26N6O/c1-13-11-14(2)21-18-17(13)19-22-15(3)12-16(25(19)23-18)20-5-4-6-24-7-9-26-10-8-24/h11-12,20H,4-10H2,1-3H3/p+1.